The highest BCUT2D eigenvalue weighted by Crippen LogP contribution is 2.28. The number of piperidine rings is 1. The average Bonchev–Trinajstić information content (AvgIpc) is 2.73. The molecule has 1 amide bonds. The molecule has 0 radical (unpaired) electrons. The van der Waals surface area contributed by atoms with Gasteiger partial charge in [-0.3, -0.25) is 25.8 Å². The molecule has 1 saturated heterocycles. The number of carbonyl (C=O) groups excluding carboxylic acids is 1. The van der Waals surface area contributed by atoms with E-state index in [9.17, 15) is 14.9 Å². The van der Waals surface area contributed by atoms with E-state index < -0.39 is 10.8 Å². The molecule has 1 fully saturated rings. The molecule has 2 aromatic rings. The highest BCUT2D eigenvalue weighted by atomic mass is 79.9. The van der Waals surface area contributed by atoms with Gasteiger partial charge >= 0.3 is 5.69 Å². The van der Waals surface area contributed by atoms with Crippen molar-refractivity contribution in [2.24, 2.45) is 0 Å². The Bertz CT molecular complexity index is 874. The van der Waals surface area contributed by atoms with Crippen molar-refractivity contribution in [3.63, 3.8) is 0 Å². The Hall–Kier alpha value is -2.79. The second-order valence-corrected chi connectivity index (χ2v) is 7.42. The second kappa shape index (κ2) is 10.1. The van der Waals surface area contributed by atoms with E-state index in [0.717, 1.165) is 19.6 Å². The molecule has 29 heavy (non-hydrogen) atoms. The molecule has 0 saturated carbocycles. The summed E-state index contributed by atoms with van der Waals surface area (Å²) in [6.07, 6.45) is 4.82. The summed E-state index contributed by atoms with van der Waals surface area (Å²) in [7, 11) is 0. The Labute approximate surface area is 176 Å². The van der Waals surface area contributed by atoms with Crippen LogP contribution in [0, 0.1) is 10.1 Å². The number of hydrazine groups is 1. The Morgan fingerprint density at radius 1 is 1.17 bits per heavy atom. The zero-order chi connectivity index (χ0) is 20.6. The fraction of sp³-hybridized carbons (Fsp3) is 0.389. The molecule has 11 heteroatoms. The van der Waals surface area contributed by atoms with E-state index in [1.807, 2.05) is 0 Å². The Morgan fingerprint density at radius 3 is 2.62 bits per heavy atom. The molecule has 154 valence electrons. The van der Waals surface area contributed by atoms with Gasteiger partial charge in [0.25, 0.3) is 5.91 Å². The molecule has 0 atom stereocenters. The van der Waals surface area contributed by atoms with Crippen molar-refractivity contribution in [1.29, 1.82) is 0 Å². The summed E-state index contributed by atoms with van der Waals surface area (Å²) >= 11 is 3.30. The Kier molecular flexibility index (Phi) is 7.30. The number of aromatic nitrogens is 2. The molecule has 1 aliphatic heterocycles. The van der Waals surface area contributed by atoms with Gasteiger partial charge in [0.2, 0.25) is 11.6 Å². The summed E-state index contributed by atoms with van der Waals surface area (Å²) in [6, 6.07) is 6.86. The zero-order valence-electron chi connectivity index (χ0n) is 15.7. The normalized spacial score (nSPS) is 14.2. The molecule has 0 spiro atoms. The molecular formula is C18H22BrN7O3. The molecular weight excluding hydrogens is 442 g/mol. The standard InChI is InChI=1S/C18H22BrN7O3/c19-14-7-3-2-6-13(14)18(27)24-23-17-15(26(28)29)16(21-12-22-17)20-8-11-25-9-4-1-5-10-25/h2-3,6-7,12H,1,4-5,8-11H2,(H,24,27)(H2,20,21,22,23). The number of halogens is 1. The number of anilines is 2. The van der Waals surface area contributed by atoms with Crippen LogP contribution in [0.15, 0.2) is 35.1 Å². The van der Waals surface area contributed by atoms with Crippen LogP contribution in [0.2, 0.25) is 0 Å². The van der Waals surface area contributed by atoms with Crippen molar-refractivity contribution in [2.75, 3.05) is 36.9 Å². The molecule has 1 aromatic carbocycles. The maximum atomic E-state index is 12.3. The van der Waals surface area contributed by atoms with Crippen LogP contribution in [0.25, 0.3) is 0 Å². The number of nitrogens with one attached hydrogen (secondary N) is 3. The van der Waals surface area contributed by atoms with Gasteiger partial charge in [0.05, 0.1) is 10.5 Å². The number of hydrogen-bond donors (Lipinski definition) is 3. The first-order chi connectivity index (χ1) is 14.1. The molecule has 3 N–H and O–H groups in total. The fourth-order valence-corrected chi connectivity index (χ4v) is 3.58. The molecule has 0 unspecified atom stereocenters. The number of amides is 1. The van der Waals surface area contributed by atoms with Crippen LogP contribution in [0.5, 0.6) is 0 Å². The number of carbonyl (C=O) groups is 1. The molecule has 10 nitrogen and oxygen atoms in total. The monoisotopic (exact) mass is 463 g/mol. The van der Waals surface area contributed by atoms with E-state index in [1.165, 1.54) is 25.6 Å². The van der Waals surface area contributed by atoms with E-state index in [0.29, 0.717) is 16.6 Å². The first kappa shape index (κ1) is 20.9. The molecule has 1 aliphatic rings. The Balaban J connectivity index is 1.65. The van der Waals surface area contributed by atoms with Crippen LogP contribution in [-0.2, 0) is 0 Å². The summed E-state index contributed by atoms with van der Waals surface area (Å²) in [5.41, 5.74) is 5.04. The summed E-state index contributed by atoms with van der Waals surface area (Å²) in [5.74, 6) is -0.435. The molecule has 0 bridgehead atoms. The van der Waals surface area contributed by atoms with Gasteiger partial charge in [0.1, 0.15) is 6.33 Å². The van der Waals surface area contributed by atoms with Crippen molar-refractivity contribution in [3.05, 3.63) is 50.7 Å². The van der Waals surface area contributed by atoms with E-state index in [4.69, 9.17) is 0 Å². The van der Waals surface area contributed by atoms with E-state index in [-0.39, 0.29) is 17.3 Å². The topological polar surface area (TPSA) is 125 Å². The number of nitro groups is 1. The number of hydrogen-bond acceptors (Lipinski definition) is 8. The smallest absolute Gasteiger partial charge is 0.354 e. The predicted molar refractivity (Wildman–Crippen MR) is 113 cm³/mol. The van der Waals surface area contributed by atoms with Crippen LogP contribution in [0.1, 0.15) is 29.6 Å². The highest BCUT2D eigenvalue weighted by molar-refractivity contribution is 9.10. The molecule has 3 rings (SSSR count). The van der Waals surface area contributed by atoms with E-state index in [2.05, 4.69) is 47.0 Å². The van der Waals surface area contributed by atoms with Gasteiger partial charge in [-0.1, -0.05) is 18.6 Å². The third-order valence-electron chi connectivity index (χ3n) is 4.59. The van der Waals surface area contributed by atoms with Crippen LogP contribution in [0.4, 0.5) is 17.3 Å². The lowest BCUT2D eigenvalue weighted by Crippen LogP contribution is -2.34. The van der Waals surface area contributed by atoms with Gasteiger partial charge in [-0.25, -0.2) is 9.97 Å². The summed E-state index contributed by atoms with van der Waals surface area (Å²) in [5, 5.41) is 14.6. The highest BCUT2D eigenvalue weighted by Gasteiger charge is 2.23. The lowest BCUT2D eigenvalue weighted by molar-refractivity contribution is -0.383. The van der Waals surface area contributed by atoms with E-state index >= 15 is 0 Å². The van der Waals surface area contributed by atoms with Gasteiger partial charge in [-0.05, 0) is 54.0 Å². The van der Waals surface area contributed by atoms with Crippen molar-refractivity contribution < 1.29 is 9.72 Å². The predicted octanol–water partition coefficient (Wildman–Crippen LogP) is 2.80. The molecule has 2 heterocycles. The number of likely N-dealkylation sites (tertiary alicyclic amines) is 1. The van der Waals surface area contributed by atoms with E-state index in [1.54, 1.807) is 24.3 Å². The Morgan fingerprint density at radius 2 is 1.90 bits per heavy atom. The quantitative estimate of drug-likeness (QED) is 0.402. The first-order valence-electron chi connectivity index (χ1n) is 9.33. The van der Waals surface area contributed by atoms with Crippen LogP contribution >= 0.6 is 15.9 Å². The van der Waals surface area contributed by atoms with Gasteiger partial charge in [-0.2, -0.15) is 0 Å². The first-order valence-corrected chi connectivity index (χ1v) is 10.1. The molecule has 0 aliphatic carbocycles. The second-order valence-electron chi connectivity index (χ2n) is 6.56. The third-order valence-corrected chi connectivity index (χ3v) is 5.28. The van der Waals surface area contributed by atoms with Gasteiger partial charge in [-0.15, -0.1) is 0 Å². The largest absolute Gasteiger partial charge is 0.363 e. The summed E-state index contributed by atoms with van der Waals surface area (Å²) in [6.45, 7) is 3.40. The minimum atomic E-state index is -0.573. The lowest BCUT2D eigenvalue weighted by Gasteiger charge is -2.26. The van der Waals surface area contributed by atoms with Gasteiger partial charge in [0.15, 0.2) is 0 Å². The zero-order valence-corrected chi connectivity index (χ0v) is 17.3. The third kappa shape index (κ3) is 5.61. The van der Waals surface area contributed by atoms with Gasteiger partial charge < -0.3 is 10.2 Å². The minimum Gasteiger partial charge on any atom is -0.363 e. The van der Waals surface area contributed by atoms with Crippen molar-refractivity contribution in [2.45, 2.75) is 19.3 Å². The average molecular weight is 464 g/mol. The number of nitrogens with zero attached hydrogens (tertiary/aromatic N) is 4. The minimum absolute atomic E-state index is 0.0918. The SMILES string of the molecule is O=C(NNc1ncnc(NCCN2CCCCC2)c1[N+](=O)[O-])c1ccccc1Br. The molecule has 1 aromatic heterocycles. The van der Waals surface area contributed by atoms with Crippen molar-refractivity contribution in [3.8, 4) is 0 Å². The van der Waals surface area contributed by atoms with Crippen LogP contribution < -0.4 is 16.2 Å². The summed E-state index contributed by atoms with van der Waals surface area (Å²) < 4.78 is 0.608. The number of benzene rings is 1. The maximum absolute atomic E-state index is 12.3. The van der Waals surface area contributed by atoms with Crippen molar-refractivity contribution >= 4 is 39.2 Å². The lowest BCUT2D eigenvalue weighted by atomic mass is 10.1. The summed E-state index contributed by atoms with van der Waals surface area (Å²) in [4.78, 5) is 33.6. The van der Waals surface area contributed by atoms with Crippen LogP contribution in [-0.4, -0.2) is 51.9 Å². The fourth-order valence-electron chi connectivity index (χ4n) is 3.12. The maximum Gasteiger partial charge on any atom is 0.354 e. The number of rotatable bonds is 8. The van der Waals surface area contributed by atoms with Crippen LogP contribution in [0.3, 0.4) is 0 Å². The van der Waals surface area contributed by atoms with Crippen molar-refractivity contribution in [1.82, 2.24) is 20.3 Å². The van der Waals surface area contributed by atoms with Gasteiger partial charge in [0, 0.05) is 17.6 Å².